The third kappa shape index (κ3) is 10.5. The van der Waals surface area contributed by atoms with Gasteiger partial charge in [-0.25, -0.2) is 4.79 Å². The van der Waals surface area contributed by atoms with Crippen molar-refractivity contribution in [3.63, 3.8) is 0 Å². The summed E-state index contributed by atoms with van der Waals surface area (Å²) < 4.78 is 0. The molecule has 0 aromatic heterocycles. The fourth-order valence-electron chi connectivity index (χ4n) is 3.23. The number of phenols is 1. The van der Waals surface area contributed by atoms with Gasteiger partial charge in [0.25, 0.3) is 0 Å². The molecule has 5 atom stereocenters. The van der Waals surface area contributed by atoms with E-state index in [1.54, 1.807) is 13.8 Å². The molecule has 14 nitrogen and oxygen atoms in total. The standard InChI is InChI=1S/C23H32N4O10/c1-3-11(2)19(23(36)37)27-22(35)16(10-18(31)32)26-21(34)15(9-17(29)30)25-20(33)14(24)8-12-4-6-13(28)7-5-12/h4-7,11,14-16,19,28H,3,8-10,24H2,1-2H3,(H,25,33)(H,26,34)(H,27,35)(H,29,30)(H,31,32)(H,36,37). The average Bonchev–Trinajstić information content (AvgIpc) is 2.81. The van der Waals surface area contributed by atoms with E-state index in [-0.39, 0.29) is 12.2 Å². The number of nitrogens with two attached hydrogens (primary N) is 1. The molecular weight excluding hydrogens is 492 g/mol. The Hall–Kier alpha value is -4.20. The van der Waals surface area contributed by atoms with Crippen molar-refractivity contribution in [3.8, 4) is 5.75 Å². The number of carboxylic acid groups (broad SMARTS) is 3. The number of aliphatic carboxylic acids is 3. The molecule has 0 aliphatic rings. The molecular formula is C23H32N4O10. The highest BCUT2D eigenvalue weighted by molar-refractivity contribution is 5.96. The third-order valence-electron chi connectivity index (χ3n) is 5.53. The molecule has 14 heteroatoms. The smallest absolute Gasteiger partial charge is 0.326 e. The van der Waals surface area contributed by atoms with Crippen LogP contribution in [0.25, 0.3) is 0 Å². The molecule has 9 N–H and O–H groups in total. The molecule has 0 heterocycles. The van der Waals surface area contributed by atoms with Gasteiger partial charge in [0.05, 0.1) is 18.9 Å². The summed E-state index contributed by atoms with van der Waals surface area (Å²) in [6, 6.07) is -0.253. The normalized spacial score (nSPS) is 14.8. The van der Waals surface area contributed by atoms with Crippen LogP contribution in [0.3, 0.4) is 0 Å². The molecule has 0 aliphatic carbocycles. The molecule has 204 valence electrons. The fourth-order valence-corrected chi connectivity index (χ4v) is 3.23. The summed E-state index contributed by atoms with van der Waals surface area (Å²) in [4.78, 5) is 72.1. The van der Waals surface area contributed by atoms with E-state index in [4.69, 9.17) is 10.8 Å². The highest BCUT2D eigenvalue weighted by Crippen LogP contribution is 2.12. The zero-order valence-corrected chi connectivity index (χ0v) is 20.3. The fraction of sp³-hybridized carbons (Fsp3) is 0.478. The van der Waals surface area contributed by atoms with Crippen molar-refractivity contribution < 1.29 is 49.2 Å². The molecule has 0 aliphatic heterocycles. The summed E-state index contributed by atoms with van der Waals surface area (Å²) in [5, 5.41) is 43.5. The van der Waals surface area contributed by atoms with Crippen LogP contribution in [0.15, 0.2) is 24.3 Å². The maximum absolute atomic E-state index is 12.8. The van der Waals surface area contributed by atoms with Gasteiger partial charge < -0.3 is 42.1 Å². The number of aromatic hydroxyl groups is 1. The van der Waals surface area contributed by atoms with Crippen molar-refractivity contribution in [3.05, 3.63) is 29.8 Å². The molecule has 37 heavy (non-hydrogen) atoms. The highest BCUT2D eigenvalue weighted by Gasteiger charge is 2.33. The lowest BCUT2D eigenvalue weighted by atomic mass is 9.98. The van der Waals surface area contributed by atoms with Crippen molar-refractivity contribution in [2.24, 2.45) is 11.7 Å². The second kappa shape index (κ2) is 14.4. The van der Waals surface area contributed by atoms with Gasteiger partial charge in [0.1, 0.15) is 23.9 Å². The SMILES string of the molecule is CCC(C)C(NC(=O)C(CC(=O)O)NC(=O)C(CC(=O)O)NC(=O)C(N)Cc1ccc(O)cc1)C(=O)O. The Kier molecular flexibility index (Phi) is 12.0. The Morgan fingerprint density at radius 1 is 0.811 bits per heavy atom. The predicted octanol–water partition coefficient (Wildman–Crippen LogP) is -1.20. The first-order chi connectivity index (χ1) is 17.2. The monoisotopic (exact) mass is 524 g/mol. The van der Waals surface area contributed by atoms with Crippen LogP contribution in [0.4, 0.5) is 0 Å². The molecule has 1 aromatic carbocycles. The number of nitrogens with one attached hydrogen (secondary N) is 3. The van der Waals surface area contributed by atoms with E-state index in [2.05, 4.69) is 16.0 Å². The van der Waals surface area contributed by atoms with Gasteiger partial charge >= 0.3 is 17.9 Å². The van der Waals surface area contributed by atoms with Crippen molar-refractivity contribution in [2.45, 2.75) is 63.7 Å². The maximum Gasteiger partial charge on any atom is 0.326 e. The third-order valence-corrected chi connectivity index (χ3v) is 5.53. The summed E-state index contributed by atoms with van der Waals surface area (Å²) in [5.74, 6) is -8.02. The Bertz CT molecular complexity index is 998. The Morgan fingerprint density at radius 3 is 1.70 bits per heavy atom. The second-order valence-corrected chi connectivity index (χ2v) is 8.51. The summed E-state index contributed by atoms with van der Waals surface area (Å²) in [5.41, 5.74) is 6.43. The Labute approximate surface area is 212 Å². The lowest BCUT2D eigenvalue weighted by molar-refractivity contribution is -0.145. The number of hydrogen-bond donors (Lipinski definition) is 8. The summed E-state index contributed by atoms with van der Waals surface area (Å²) in [6.07, 6.45) is -1.47. The van der Waals surface area contributed by atoms with Crippen LogP contribution in [0.2, 0.25) is 0 Å². The van der Waals surface area contributed by atoms with Crippen LogP contribution in [0.5, 0.6) is 5.75 Å². The number of carboxylic acids is 3. The van der Waals surface area contributed by atoms with Gasteiger partial charge in [0.2, 0.25) is 17.7 Å². The minimum atomic E-state index is -1.75. The van der Waals surface area contributed by atoms with E-state index < -0.39 is 78.6 Å². The van der Waals surface area contributed by atoms with Crippen LogP contribution in [-0.2, 0) is 35.2 Å². The van der Waals surface area contributed by atoms with Gasteiger partial charge in [-0.2, -0.15) is 0 Å². The first kappa shape index (κ1) is 30.8. The number of phenolic OH excluding ortho intramolecular Hbond substituents is 1. The molecule has 3 amide bonds. The van der Waals surface area contributed by atoms with Gasteiger partial charge in [-0.3, -0.25) is 24.0 Å². The number of rotatable bonds is 15. The van der Waals surface area contributed by atoms with Crippen LogP contribution >= 0.6 is 0 Å². The molecule has 0 bridgehead atoms. The Morgan fingerprint density at radius 2 is 1.27 bits per heavy atom. The first-order valence-corrected chi connectivity index (χ1v) is 11.4. The zero-order valence-electron chi connectivity index (χ0n) is 20.3. The van der Waals surface area contributed by atoms with Crippen LogP contribution in [-0.4, -0.2) is 80.2 Å². The lowest BCUT2D eigenvalue weighted by Gasteiger charge is -2.25. The van der Waals surface area contributed by atoms with Crippen LogP contribution in [0.1, 0.15) is 38.7 Å². The Balaban J connectivity index is 3.00. The van der Waals surface area contributed by atoms with Crippen molar-refractivity contribution in [1.29, 1.82) is 0 Å². The zero-order chi connectivity index (χ0) is 28.3. The number of amides is 3. The number of carbonyl (C=O) groups is 6. The van der Waals surface area contributed by atoms with Crippen molar-refractivity contribution in [2.75, 3.05) is 0 Å². The van der Waals surface area contributed by atoms with Gasteiger partial charge in [-0.1, -0.05) is 32.4 Å². The van der Waals surface area contributed by atoms with Crippen LogP contribution in [0, 0.1) is 5.92 Å². The van der Waals surface area contributed by atoms with E-state index in [1.165, 1.54) is 24.3 Å². The molecule has 0 saturated carbocycles. The molecule has 1 aromatic rings. The molecule has 0 fully saturated rings. The second-order valence-electron chi connectivity index (χ2n) is 8.51. The predicted molar refractivity (Wildman–Crippen MR) is 127 cm³/mol. The lowest BCUT2D eigenvalue weighted by Crippen LogP contribution is -2.58. The number of carbonyl (C=O) groups excluding carboxylic acids is 3. The minimum Gasteiger partial charge on any atom is -0.508 e. The van der Waals surface area contributed by atoms with Gasteiger partial charge in [-0.05, 0) is 30.0 Å². The van der Waals surface area contributed by atoms with Gasteiger partial charge in [0, 0.05) is 0 Å². The molecule has 0 saturated heterocycles. The topological polar surface area (TPSA) is 245 Å². The number of benzene rings is 1. The van der Waals surface area contributed by atoms with Crippen molar-refractivity contribution >= 4 is 35.6 Å². The molecule has 0 radical (unpaired) electrons. The molecule has 5 unspecified atom stereocenters. The van der Waals surface area contributed by atoms with Crippen LogP contribution < -0.4 is 21.7 Å². The van der Waals surface area contributed by atoms with E-state index in [9.17, 15) is 44.1 Å². The van der Waals surface area contributed by atoms with Crippen molar-refractivity contribution in [1.82, 2.24) is 16.0 Å². The number of hydrogen-bond acceptors (Lipinski definition) is 8. The van der Waals surface area contributed by atoms with E-state index >= 15 is 0 Å². The van der Waals surface area contributed by atoms with Gasteiger partial charge in [-0.15, -0.1) is 0 Å². The minimum absolute atomic E-state index is 0.00116. The summed E-state index contributed by atoms with van der Waals surface area (Å²) >= 11 is 0. The largest absolute Gasteiger partial charge is 0.508 e. The van der Waals surface area contributed by atoms with E-state index in [0.717, 1.165) is 0 Å². The highest BCUT2D eigenvalue weighted by atomic mass is 16.4. The molecule has 0 spiro atoms. The van der Waals surface area contributed by atoms with E-state index in [0.29, 0.717) is 12.0 Å². The maximum atomic E-state index is 12.8. The average molecular weight is 525 g/mol. The van der Waals surface area contributed by atoms with Gasteiger partial charge in [0.15, 0.2) is 0 Å². The van der Waals surface area contributed by atoms with E-state index in [1.807, 2.05) is 0 Å². The first-order valence-electron chi connectivity index (χ1n) is 11.4. The summed E-state index contributed by atoms with van der Waals surface area (Å²) in [6.45, 7) is 3.25. The molecule has 1 rings (SSSR count). The quantitative estimate of drug-likeness (QED) is 0.135. The summed E-state index contributed by atoms with van der Waals surface area (Å²) in [7, 11) is 0.